The van der Waals surface area contributed by atoms with Gasteiger partial charge in [-0.2, -0.15) is 5.10 Å². The van der Waals surface area contributed by atoms with Crippen molar-refractivity contribution < 1.29 is 9.59 Å². The minimum atomic E-state index is -0.247. The number of hydrogen-bond acceptors (Lipinski definition) is 4. The molecule has 102 valence electrons. The maximum absolute atomic E-state index is 11.7. The van der Waals surface area contributed by atoms with Gasteiger partial charge in [0.1, 0.15) is 6.54 Å². The van der Waals surface area contributed by atoms with Crippen molar-refractivity contribution in [1.29, 1.82) is 0 Å². The quantitative estimate of drug-likeness (QED) is 0.672. The predicted octanol–water partition coefficient (Wildman–Crippen LogP) is 1.60. The summed E-state index contributed by atoms with van der Waals surface area (Å²) in [4.78, 5) is 26.0. The Labute approximate surface area is 116 Å². The van der Waals surface area contributed by atoms with Crippen LogP contribution in [0, 0.1) is 0 Å². The second-order valence-corrected chi connectivity index (χ2v) is 5.41. The lowest BCUT2D eigenvalue weighted by Gasteiger charge is -2.18. The number of rotatable bonds is 4. The molecule has 0 saturated carbocycles. The number of hydrazone groups is 1. The van der Waals surface area contributed by atoms with Crippen molar-refractivity contribution in [3.63, 3.8) is 0 Å². The zero-order valence-electron chi connectivity index (χ0n) is 10.7. The van der Waals surface area contributed by atoms with Crippen LogP contribution in [0.25, 0.3) is 0 Å². The molecule has 19 heavy (non-hydrogen) atoms. The van der Waals surface area contributed by atoms with E-state index in [4.69, 9.17) is 0 Å². The van der Waals surface area contributed by atoms with Gasteiger partial charge in [0.2, 0.25) is 5.91 Å². The van der Waals surface area contributed by atoms with Gasteiger partial charge in [0, 0.05) is 17.8 Å². The van der Waals surface area contributed by atoms with Gasteiger partial charge >= 0.3 is 0 Å². The van der Waals surface area contributed by atoms with Crippen molar-refractivity contribution in [2.75, 3.05) is 13.1 Å². The zero-order valence-corrected chi connectivity index (χ0v) is 11.5. The largest absolute Gasteiger partial charge is 0.333 e. The Morgan fingerprint density at radius 2 is 2.37 bits per heavy atom. The van der Waals surface area contributed by atoms with Crippen LogP contribution in [-0.2, 0) is 9.59 Å². The third kappa shape index (κ3) is 4.48. The third-order valence-corrected chi connectivity index (χ3v) is 3.74. The molecule has 1 aromatic heterocycles. The number of carbonyl (C=O) groups excluding carboxylic acids is 2. The molecule has 0 aliphatic carbocycles. The Kier molecular flexibility index (Phi) is 5.09. The van der Waals surface area contributed by atoms with Crippen LogP contribution in [0.15, 0.2) is 22.6 Å². The van der Waals surface area contributed by atoms with E-state index in [1.54, 1.807) is 22.5 Å². The molecule has 0 bridgehead atoms. The number of amides is 2. The topological polar surface area (TPSA) is 61.8 Å². The summed E-state index contributed by atoms with van der Waals surface area (Å²) in [6, 6.07) is 3.84. The van der Waals surface area contributed by atoms with Crippen LogP contribution < -0.4 is 5.43 Å². The number of nitrogens with zero attached hydrogens (tertiary/aromatic N) is 2. The summed E-state index contributed by atoms with van der Waals surface area (Å²) in [5.74, 6) is -0.182. The Morgan fingerprint density at radius 1 is 1.47 bits per heavy atom. The van der Waals surface area contributed by atoms with Gasteiger partial charge in [0.25, 0.3) is 5.91 Å². The highest BCUT2D eigenvalue weighted by molar-refractivity contribution is 7.11. The number of hydrogen-bond donors (Lipinski definition) is 1. The smallest absolute Gasteiger partial charge is 0.259 e. The SMILES string of the molecule is O=C(CN1CCCCCC1=O)N/N=C\c1cccs1. The summed E-state index contributed by atoms with van der Waals surface area (Å²) < 4.78 is 0. The molecule has 0 unspecified atom stereocenters. The first-order valence-electron chi connectivity index (χ1n) is 6.39. The van der Waals surface area contributed by atoms with Crippen LogP contribution in [0.1, 0.15) is 30.6 Å². The minimum Gasteiger partial charge on any atom is -0.333 e. The van der Waals surface area contributed by atoms with Crippen molar-refractivity contribution in [3.8, 4) is 0 Å². The van der Waals surface area contributed by atoms with E-state index in [0.717, 1.165) is 24.1 Å². The van der Waals surface area contributed by atoms with Crippen LogP contribution in [0.4, 0.5) is 0 Å². The Balaban J connectivity index is 1.78. The van der Waals surface area contributed by atoms with E-state index in [9.17, 15) is 9.59 Å². The Morgan fingerprint density at radius 3 is 3.16 bits per heavy atom. The summed E-state index contributed by atoms with van der Waals surface area (Å²) in [5.41, 5.74) is 2.45. The summed E-state index contributed by atoms with van der Waals surface area (Å²) in [7, 11) is 0. The van der Waals surface area contributed by atoms with Gasteiger partial charge in [0.05, 0.1) is 6.21 Å². The van der Waals surface area contributed by atoms with Gasteiger partial charge in [0.15, 0.2) is 0 Å². The number of carbonyl (C=O) groups is 2. The lowest BCUT2D eigenvalue weighted by molar-refractivity contribution is -0.135. The molecule has 1 aliphatic rings. The highest BCUT2D eigenvalue weighted by Crippen LogP contribution is 2.10. The fourth-order valence-corrected chi connectivity index (χ4v) is 2.53. The van der Waals surface area contributed by atoms with Gasteiger partial charge in [-0.05, 0) is 24.3 Å². The third-order valence-electron chi connectivity index (χ3n) is 2.93. The minimum absolute atomic E-state index is 0.0647. The van der Waals surface area contributed by atoms with E-state index in [2.05, 4.69) is 10.5 Å². The molecule has 2 heterocycles. The molecule has 6 heteroatoms. The molecular weight excluding hydrogens is 262 g/mol. The van der Waals surface area contributed by atoms with Crippen molar-refractivity contribution >= 4 is 29.4 Å². The molecular formula is C13H17N3O2S. The van der Waals surface area contributed by atoms with Crippen molar-refractivity contribution in [3.05, 3.63) is 22.4 Å². The zero-order chi connectivity index (χ0) is 13.5. The molecule has 1 aromatic rings. The van der Waals surface area contributed by atoms with Crippen molar-refractivity contribution in [2.45, 2.75) is 25.7 Å². The van der Waals surface area contributed by atoms with Crippen LogP contribution in [0.2, 0.25) is 0 Å². The maximum atomic E-state index is 11.7. The first-order chi connectivity index (χ1) is 9.25. The Bertz CT molecular complexity index is 456. The molecule has 1 N–H and O–H groups in total. The maximum Gasteiger partial charge on any atom is 0.259 e. The lowest BCUT2D eigenvalue weighted by atomic mass is 10.2. The molecule has 5 nitrogen and oxygen atoms in total. The van der Waals surface area contributed by atoms with Crippen LogP contribution in [0.5, 0.6) is 0 Å². The summed E-state index contributed by atoms with van der Waals surface area (Å²) in [5, 5.41) is 5.82. The molecule has 2 rings (SSSR count). The van der Waals surface area contributed by atoms with Crippen LogP contribution in [-0.4, -0.2) is 36.0 Å². The number of likely N-dealkylation sites (tertiary alicyclic amines) is 1. The number of thiophene rings is 1. The van der Waals surface area contributed by atoms with E-state index < -0.39 is 0 Å². The highest BCUT2D eigenvalue weighted by Gasteiger charge is 2.18. The van der Waals surface area contributed by atoms with E-state index in [1.165, 1.54) is 0 Å². The molecule has 1 aliphatic heterocycles. The van der Waals surface area contributed by atoms with Gasteiger partial charge in [-0.15, -0.1) is 11.3 Å². The molecule has 1 fully saturated rings. The Hall–Kier alpha value is -1.69. The molecule has 0 spiro atoms. The van der Waals surface area contributed by atoms with Crippen LogP contribution >= 0.6 is 11.3 Å². The van der Waals surface area contributed by atoms with Crippen molar-refractivity contribution in [2.24, 2.45) is 5.10 Å². The fourth-order valence-electron chi connectivity index (χ4n) is 1.95. The fraction of sp³-hybridized carbons (Fsp3) is 0.462. The molecule has 1 saturated heterocycles. The molecule has 0 aromatic carbocycles. The van der Waals surface area contributed by atoms with Crippen molar-refractivity contribution in [1.82, 2.24) is 10.3 Å². The first-order valence-corrected chi connectivity index (χ1v) is 7.27. The molecule has 2 amide bonds. The average Bonchev–Trinajstić information content (AvgIpc) is 2.82. The first kappa shape index (κ1) is 13.7. The van der Waals surface area contributed by atoms with Gasteiger partial charge in [-0.1, -0.05) is 12.5 Å². The van der Waals surface area contributed by atoms with Gasteiger partial charge in [-0.25, -0.2) is 5.43 Å². The summed E-state index contributed by atoms with van der Waals surface area (Å²) >= 11 is 1.55. The lowest BCUT2D eigenvalue weighted by Crippen LogP contribution is -2.39. The van der Waals surface area contributed by atoms with E-state index in [0.29, 0.717) is 13.0 Å². The average molecular weight is 279 g/mol. The van der Waals surface area contributed by atoms with Crippen LogP contribution in [0.3, 0.4) is 0 Å². The highest BCUT2D eigenvalue weighted by atomic mass is 32.1. The van der Waals surface area contributed by atoms with Gasteiger partial charge in [-0.3, -0.25) is 9.59 Å². The summed E-state index contributed by atoms with van der Waals surface area (Å²) in [6.45, 7) is 0.765. The molecule has 0 radical (unpaired) electrons. The standard InChI is InChI=1S/C13H17N3O2S/c17-12(15-14-9-11-5-4-8-19-11)10-16-7-3-1-2-6-13(16)18/h4-5,8-9H,1-3,6-7,10H2,(H,15,17)/b14-9-. The second kappa shape index (κ2) is 7.04. The second-order valence-electron chi connectivity index (χ2n) is 4.43. The predicted molar refractivity (Wildman–Crippen MR) is 75.1 cm³/mol. The van der Waals surface area contributed by atoms with E-state index in [-0.39, 0.29) is 18.4 Å². The van der Waals surface area contributed by atoms with E-state index >= 15 is 0 Å². The summed E-state index contributed by atoms with van der Waals surface area (Å²) in [6.07, 6.45) is 5.10. The molecule has 0 atom stereocenters. The van der Waals surface area contributed by atoms with E-state index in [1.807, 2.05) is 17.5 Å². The number of nitrogens with one attached hydrogen (secondary N) is 1. The van der Waals surface area contributed by atoms with Gasteiger partial charge < -0.3 is 4.90 Å². The monoisotopic (exact) mass is 279 g/mol. The normalized spacial score (nSPS) is 16.6.